The van der Waals surface area contributed by atoms with E-state index in [0.29, 0.717) is 30.2 Å². The molecule has 0 fully saturated rings. The molecule has 0 aliphatic carbocycles. The Hall–Kier alpha value is -6.58. The van der Waals surface area contributed by atoms with Crippen LogP contribution in [-0.2, 0) is 59.2 Å². The molecule has 0 amide bonds. The summed E-state index contributed by atoms with van der Waals surface area (Å²) in [4.78, 5) is -4.25. The number of nitrogen functional groups attached to an aromatic ring is 1. The molecule has 28 nitrogen and oxygen atoms in total. The summed E-state index contributed by atoms with van der Waals surface area (Å²) in [6.07, 6.45) is 0. The van der Waals surface area contributed by atoms with E-state index in [1.165, 1.54) is 42.5 Å². The molecule has 7 rings (SSSR count). The Bertz CT molecular complexity index is 3880. The van der Waals surface area contributed by atoms with Crippen molar-refractivity contribution in [2.75, 3.05) is 5.73 Å². The highest BCUT2D eigenvalue weighted by Crippen LogP contribution is 2.51. The lowest BCUT2D eigenvalue weighted by atomic mass is 10.0. The zero-order valence-corrected chi connectivity index (χ0v) is 38.6. The summed E-state index contributed by atoms with van der Waals surface area (Å²) in [5.41, 5.74) is 2.95. The van der Waals surface area contributed by atoms with Crippen molar-refractivity contribution in [2.24, 2.45) is 30.7 Å². The smallest absolute Gasteiger partial charge is 0.297 e. The van der Waals surface area contributed by atoms with Crippen molar-refractivity contribution in [3.8, 4) is 17.2 Å². The number of fused-ring (bicyclic) bond motifs is 3. The van der Waals surface area contributed by atoms with E-state index in [2.05, 4.69) is 49.4 Å². The quantitative estimate of drug-likeness (QED) is 0.0108. The zero-order chi connectivity index (χ0) is 51.1. The van der Waals surface area contributed by atoms with Crippen LogP contribution >= 0.6 is 24.1 Å². The van der Waals surface area contributed by atoms with Gasteiger partial charge in [0.25, 0.3) is 40.5 Å². The highest BCUT2D eigenvalue weighted by molar-refractivity contribution is 7.95. The summed E-state index contributed by atoms with van der Waals surface area (Å²) in [5, 5.41) is 79.9. The van der Waals surface area contributed by atoms with Crippen molar-refractivity contribution in [2.45, 2.75) is 29.4 Å². The standard InChI is InChI=1S/C36H25N7O21S6/c37-31-24(41-40-23-8-7-19-20(36(23)70(58,59)60)11-17(12-25(19)44)67(49,50)51)14-29(69(55,56)57)21-13-27(66-64-62-48)33(35(46)30(21)31)42-38-16-5-6-18-15(9-16)10-26(65-63-61-47)32(34(18)45)43-39-22-3-1-2-4-28(22)68(52,53)54/h1-14,44-48H,37H2,(H,49,50,51)(H,52,53,54)(H,55,56,57)(H,58,59,60). The van der Waals surface area contributed by atoms with Gasteiger partial charge in [-0.2, -0.15) is 38.8 Å². The summed E-state index contributed by atoms with van der Waals surface area (Å²) in [6.45, 7) is 0. The number of anilines is 1. The van der Waals surface area contributed by atoms with Crippen LogP contribution in [0.2, 0.25) is 0 Å². The Labute approximate surface area is 399 Å². The van der Waals surface area contributed by atoms with Crippen molar-refractivity contribution >= 4 is 137 Å². The molecule has 0 aliphatic rings. The van der Waals surface area contributed by atoms with Gasteiger partial charge in [-0.15, -0.1) is 34.2 Å². The van der Waals surface area contributed by atoms with Gasteiger partial charge in [-0.05, 0) is 72.1 Å². The van der Waals surface area contributed by atoms with Crippen LogP contribution in [-0.4, -0.2) is 77.7 Å². The second kappa shape index (κ2) is 19.7. The number of phenols is 3. The molecule has 0 heterocycles. The average molecular weight is 1080 g/mol. The first-order chi connectivity index (χ1) is 32.8. The zero-order valence-electron chi connectivity index (χ0n) is 33.7. The molecule has 7 aromatic rings. The van der Waals surface area contributed by atoms with Crippen LogP contribution in [0.3, 0.4) is 0 Å². The van der Waals surface area contributed by atoms with E-state index in [9.17, 15) is 67.2 Å². The highest BCUT2D eigenvalue weighted by Gasteiger charge is 2.28. The van der Waals surface area contributed by atoms with Gasteiger partial charge in [0.15, 0.2) is 11.5 Å². The molecule has 0 saturated heterocycles. The summed E-state index contributed by atoms with van der Waals surface area (Å²) >= 11 is 0.441. The predicted octanol–water partition coefficient (Wildman–Crippen LogP) is 8.93. The molecule has 11 N–H and O–H groups in total. The van der Waals surface area contributed by atoms with Gasteiger partial charge in [-0.1, -0.05) is 22.2 Å². The number of aromatic hydroxyl groups is 3. The molecular formula is C36H25N7O21S6. The molecule has 0 bridgehead atoms. The lowest BCUT2D eigenvalue weighted by Crippen LogP contribution is -2.03. The SMILES string of the molecule is Nc1c(N=Nc2ccc3c(O)cc(S(=O)(=O)O)cc3c2S(=O)(=O)O)cc(S(=O)(=O)O)c2cc(SOOO)c(N=Nc3ccc4c(O)c(N=Nc5ccccc5S(=O)(=O)O)c(SOOO)cc4c3)c(O)c12. The van der Waals surface area contributed by atoms with Crippen LogP contribution in [0.5, 0.6) is 17.2 Å². The Morgan fingerprint density at radius 3 is 1.71 bits per heavy atom. The molecule has 0 spiro atoms. The van der Waals surface area contributed by atoms with Crippen LogP contribution in [0.4, 0.5) is 39.8 Å². The fourth-order valence-corrected chi connectivity index (χ4v) is 10.2. The lowest BCUT2D eigenvalue weighted by Gasteiger charge is -2.14. The number of phenolic OH excluding ortho intramolecular Hbond substituents is 3. The fraction of sp³-hybridized carbons (Fsp3) is 0. The molecule has 34 heteroatoms. The van der Waals surface area contributed by atoms with E-state index in [-0.39, 0.29) is 55.1 Å². The van der Waals surface area contributed by atoms with E-state index in [1.54, 1.807) is 0 Å². The summed E-state index contributed by atoms with van der Waals surface area (Å²) < 4.78 is 147. The van der Waals surface area contributed by atoms with E-state index in [0.717, 1.165) is 24.3 Å². The maximum atomic E-state index is 12.8. The van der Waals surface area contributed by atoms with E-state index < -0.39 is 116 Å². The Balaban J connectivity index is 1.37. The molecular weight excluding hydrogens is 1060 g/mol. The molecule has 0 radical (unpaired) electrons. The van der Waals surface area contributed by atoms with Gasteiger partial charge in [0, 0.05) is 27.6 Å². The number of azo groups is 3. The first-order valence-electron chi connectivity index (χ1n) is 18.1. The van der Waals surface area contributed by atoms with Gasteiger partial charge in [-0.3, -0.25) is 18.2 Å². The lowest BCUT2D eigenvalue weighted by molar-refractivity contribution is -0.432. The van der Waals surface area contributed by atoms with E-state index in [4.69, 9.17) is 16.2 Å². The van der Waals surface area contributed by atoms with Gasteiger partial charge in [-0.25, -0.2) is 10.5 Å². The van der Waals surface area contributed by atoms with Crippen molar-refractivity contribution in [3.05, 3.63) is 84.9 Å². The maximum absolute atomic E-state index is 12.8. The molecule has 0 atom stereocenters. The number of hydrogen-bond acceptors (Lipinski definition) is 26. The van der Waals surface area contributed by atoms with Crippen molar-refractivity contribution in [1.29, 1.82) is 0 Å². The molecule has 0 aliphatic heterocycles. The predicted molar refractivity (Wildman–Crippen MR) is 241 cm³/mol. The number of benzene rings is 7. The molecule has 0 aromatic heterocycles. The third-order valence-corrected chi connectivity index (χ3v) is 14.3. The second-order valence-corrected chi connectivity index (χ2v) is 20.7. The topological polar surface area (TPSA) is 456 Å². The first kappa shape index (κ1) is 51.3. The second-order valence-electron chi connectivity index (χ2n) is 13.7. The van der Waals surface area contributed by atoms with E-state index >= 15 is 0 Å². The van der Waals surface area contributed by atoms with Gasteiger partial charge < -0.3 is 21.1 Å². The highest BCUT2D eigenvalue weighted by atomic mass is 32.2. The van der Waals surface area contributed by atoms with Gasteiger partial charge in [0.05, 0.1) is 55.5 Å². The van der Waals surface area contributed by atoms with Crippen molar-refractivity contribution in [3.63, 3.8) is 0 Å². The number of rotatable bonds is 16. The Morgan fingerprint density at radius 1 is 0.500 bits per heavy atom. The Kier molecular flexibility index (Phi) is 14.4. The van der Waals surface area contributed by atoms with Crippen LogP contribution in [0.25, 0.3) is 32.3 Å². The van der Waals surface area contributed by atoms with Gasteiger partial charge in [0.2, 0.25) is 0 Å². The summed E-state index contributed by atoms with van der Waals surface area (Å²) in [5.74, 6) is -2.44. The minimum atomic E-state index is -5.39. The third-order valence-electron chi connectivity index (χ3n) is 9.44. The molecule has 7 aromatic carbocycles. The number of hydrogen-bond donors (Lipinski definition) is 10. The van der Waals surface area contributed by atoms with Crippen LogP contribution in [0, 0.1) is 0 Å². The average Bonchev–Trinajstić information content (AvgIpc) is 3.27. The molecule has 70 heavy (non-hydrogen) atoms. The summed E-state index contributed by atoms with van der Waals surface area (Å²) in [6, 6.07) is 14.8. The first-order valence-corrected chi connectivity index (χ1v) is 25.3. The number of nitrogens with two attached hydrogens (primary N) is 1. The monoisotopic (exact) mass is 1080 g/mol. The largest absolute Gasteiger partial charge is 0.507 e. The minimum absolute atomic E-state index is 0.0513. The molecule has 366 valence electrons. The fourth-order valence-electron chi connectivity index (χ4n) is 6.56. The summed E-state index contributed by atoms with van der Waals surface area (Å²) in [7, 11) is -20.5. The van der Waals surface area contributed by atoms with Gasteiger partial charge >= 0.3 is 0 Å². The minimum Gasteiger partial charge on any atom is -0.507 e. The Morgan fingerprint density at radius 2 is 1.09 bits per heavy atom. The van der Waals surface area contributed by atoms with Crippen molar-refractivity contribution < 1.29 is 96.5 Å². The van der Waals surface area contributed by atoms with E-state index in [1.807, 2.05) is 0 Å². The normalized spacial score (nSPS) is 13.0. The van der Waals surface area contributed by atoms with Crippen LogP contribution < -0.4 is 5.73 Å². The van der Waals surface area contributed by atoms with Crippen molar-refractivity contribution in [1.82, 2.24) is 0 Å². The molecule has 0 saturated carbocycles. The van der Waals surface area contributed by atoms with Crippen LogP contribution in [0.1, 0.15) is 0 Å². The third kappa shape index (κ3) is 10.6. The number of nitrogens with zero attached hydrogens (tertiary/aromatic N) is 6. The van der Waals surface area contributed by atoms with Gasteiger partial charge in [0.1, 0.15) is 48.9 Å². The maximum Gasteiger partial charge on any atom is 0.297 e. The van der Waals surface area contributed by atoms with Crippen LogP contribution in [0.15, 0.2) is 145 Å². The molecule has 0 unspecified atom stereocenters.